The molecule has 0 spiro atoms. The Bertz CT molecular complexity index is 608. The van der Waals surface area contributed by atoms with Gasteiger partial charge in [0.2, 0.25) is 0 Å². The van der Waals surface area contributed by atoms with E-state index in [0.717, 1.165) is 5.56 Å². The molecule has 0 bridgehead atoms. The van der Waals surface area contributed by atoms with Gasteiger partial charge in [0, 0.05) is 12.3 Å². The first-order valence-electron chi connectivity index (χ1n) is 6.10. The van der Waals surface area contributed by atoms with Crippen molar-refractivity contribution in [3.05, 3.63) is 53.6 Å². The number of rotatable bonds is 5. The zero-order valence-electron chi connectivity index (χ0n) is 10.7. The summed E-state index contributed by atoms with van der Waals surface area (Å²) < 4.78 is 5.58. The van der Waals surface area contributed by atoms with Crippen molar-refractivity contribution in [3.8, 4) is 11.5 Å². The molecule has 2 aromatic carbocycles. The van der Waals surface area contributed by atoms with E-state index in [9.17, 15) is 4.79 Å². The molecule has 4 N–H and O–H groups in total. The highest BCUT2D eigenvalue weighted by molar-refractivity contribution is 5.94. The average Bonchev–Trinajstić information content (AvgIpc) is 2.43. The van der Waals surface area contributed by atoms with E-state index in [4.69, 9.17) is 20.7 Å². The summed E-state index contributed by atoms with van der Waals surface area (Å²) in [5.41, 5.74) is 6.79. The molecule has 0 aromatic heterocycles. The summed E-state index contributed by atoms with van der Waals surface area (Å²) in [7, 11) is 0. The van der Waals surface area contributed by atoms with Crippen LogP contribution in [0.4, 0.5) is 5.69 Å². The highest BCUT2D eigenvalue weighted by Gasteiger charge is 2.09. The van der Waals surface area contributed by atoms with Gasteiger partial charge in [-0.15, -0.1) is 0 Å². The van der Waals surface area contributed by atoms with Gasteiger partial charge in [-0.3, -0.25) is 0 Å². The maximum atomic E-state index is 11.0. The van der Waals surface area contributed by atoms with Crippen molar-refractivity contribution >= 4 is 11.7 Å². The number of carboxylic acids is 1. The fourth-order valence-corrected chi connectivity index (χ4v) is 1.77. The third kappa shape index (κ3) is 3.27. The van der Waals surface area contributed by atoms with Gasteiger partial charge in [0.1, 0.15) is 11.5 Å². The van der Waals surface area contributed by atoms with Crippen LogP contribution in [-0.4, -0.2) is 22.8 Å². The number of carboxylic acid groups (broad SMARTS) is 1. The number of nitrogen functional groups attached to an aromatic ring is 1. The van der Waals surface area contributed by atoms with E-state index in [2.05, 4.69) is 0 Å². The smallest absolute Gasteiger partial charge is 0.337 e. The van der Waals surface area contributed by atoms with Crippen LogP contribution < -0.4 is 10.5 Å². The van der Waals surface area contributed by atoms with Gasteiger partial charge in [-0.25, -0.2) is 4.79 Å². The summed E-state index contributed by atoms with van der Waals surface area (Å²) in [6, 6.07) is 11.7. The summed E-state index contributed by atoms with van der Waals surface area (Å²) in [6.07, 6.45) is 0.589. The Balaban J connectivity index is 2.17. The van der Waals surface area contributed by atoms with E-state index in [1.807, 2.05) is 12.1 Å². The van der Waals surface area contributed by atoms with Crippen LogP contribution in [0.1, 0.15) is 15.9 Å². The van der Waals surface area contributed by atoms with Crippen molar-refractivity contribution in [2.75, 3.05) is 12.3 Å². The quantitative estimate of drug-likeness (QED) is 0.727. The summed E-state index contributed by atoms with van der Waals surface area (Å²) in [4.78, 5) is 11.0. The molecule has 0 aliphatic carbocycles. The Labute approximate surface area is 116 Å². The number of aliphatic hydroxyl groups excluding tert-OH is 1. The lowest BCUT2D eigenvalue weighted by Crippen LogP contribution is -2.02. The first-order valence-corrected chi connectivity index (χ1v) is 6.10. The Kier molecular flexibility index (Phi) is 4.22. The molecular weight excluding hydrogens is 258 g/mol. The van der Waals surface area contributed by atoms with Crippen molar-refractivity contribution in [2.24, 2.45) is 0 Å². The molecule has 20 heavy (non-hydrogen) atoms. The van der Waals surface area contributed by atoms with E-state index >= 15 is 0 Å². The minimum atomic E-state index is -1.09. The van der Waals surface area contributed by atoms with Crippen LogP contribution in [0.3, 0.4) is 0 Å². The van der Waals surface area contributed by atoms with Gasteiger partial charge in [0.05, 0.1) is 5.56 Å². The molecule has 0 fully saturated rings. The van der Waals surface area contributed by atoms with Gasteiger partial charge >= 0.3 is 5.97 Å². The van der Waals surface area contributed by atoms with Crippen LogP contribution in [0.15, 0.2) is 42.5 Å². The SMILES string of the molecule is Nc1ccc(Oc2ccc(CCO)cc2)cc1C(=O)O. The van der Waals surface area contributed by atoms with Crippen molar-refractivity contribution in [2.45, 2.75) is 6.42 Å². The monoisotopic (exact) mass is 273 g/mol. The Morgan fingerprint density at radius 2 is 1.75 bits per heavy atom. The topological polar surface area (TPSA) is 92.8 Å². The zero-order chi connectivity index (χ0) is 14.5. The molecule has 0 saturated heterocycles. The highest BCUT2D eigenvalue weighted by Crippen LogP contribution is 2.25. The average molecular weight is 273 g/mol. The Morgan fingerprint density at radius 1 is 1.10 bits per heavy atom. The lowest BCUT2D eigenvalue weighted by molar-refractivity contribution is 0.0697. The molecule has 2 aromatic rings. The van der Waals surface area contributed by atoms with Gasteiger partial charge in [-0.1, -0.05) is 12.1 Å². The van der Waals surface area contributed by atoms with Crippen LogP contribution in [0.5, 0.6) is 11.5 Å². The standard InChI is InChI=1S/C15H15NO4/c16-14-6-5-12(9-13(14)15(18)19)20-11-3-1-10(2-4-11)7-8-17/h1-6,9,17H,7-8,16H2,(H,18,19). The molecule has 0 aliphatic heterocycles. The Morgan fingerprint density at radius 3 is 2.35 bits per heavy atom. The molecule has 0 aliphatic rings. The van der Waals surface area contributed by atoms with Crippen LogP contribution >= 0.6 is 0 Å². The predicted molar refractivity (Wildman–Crippen MR) is 75.1 cm³/mol. The highest BCUT2D eigenvalue weighted by atomic mass is 16.5. The number of aromatic carboxylic acids is 1. The van der Waals surface area contributed by atoms with E-state index < -0.39 is 5.97 Å². The molecule has 0 radical (unpaired) electrons. The summed E-state index contributed by atoms with van der Waals surface area (Å²) in [5.74, 6) is -0.0921. The third-order valence-corrected chi connectivity index (χ3v) is 2.81. The van der Waals surface area contributed by atoms with Crippen molar-refractivity contribution in [3.63, 3.8) is 0 Å². The van der Waals surface area contributed by atoms with Crippen molar-refractivity contribution in [1.82, 2.24) is 0 Å². The lowest BCUT2D eigenvalue weighted by Gasteiger charge is -2.08. The van der Waals surface area contributed by atoms with Gasteiger partial charge in [0.25, 0.3) is 0 Å². The number of hydrogen-bond acceptors (Lipinski definition) is 4. The molecule has 0 amide bonds. The van der Waals surface area contributed by atoms with Gasteiger partial charge in [-0.2, -0.15) is 0 Å². The summed E-state index contributed by atoms with van der Waals surface area (Å²) in [5, 5.41) is 17.8. The van der Waals surface area contributed by atoms with E-state index in [-0.39, 0.29) is 17.9 Å². The number of carbonyl (C=O) groups is 1. The van der Waals surface area contributed by atoms with Gasteiger partial charge in [-0.05, 0) is 42.3 Å². The Hall–Kier alpha value is -2.53. The normalized spacial score (nSPS) is 10.2. The lowest BCUT2D eigenvalue weighted by atomic mass is 10.1. The molecule has 0 unspecified atom stereocenters. The first-order chi connectivity index (χ1) is 9.60. The molecule has 2 rings (SSSR count). The van der Waals surface area contributed by atoms with Gasteiger partial charge < -0.3 is 20.7 Å². The molecule has 0 atom stereocenters. The number of aliphatic hydroxyl groups is 1. The maximum Gasteiger partial charge on any atom is 0.337 e. The molecule has 0 heterocycles. The molecule has 0 saturated carbocycles. The second kappa shape index (κ2) is 6.08. The fraction of sp³-hybridized carbons (Fsp3) is 0.133. The van der Waals surface area contributed by atoms with Crippen LogP contribution in [0.25, 0.3) is 0 Å². The number of hydrogen-bond donors (Lipinski definition) is 3. The summed E-state index contributed by atoms with van der Waals surface area (Å²) >= 11 is 0. The number of ether oxygens (including phenoxy) is 1. The van der Waals surface area contributed by atoms with E-state index in [1.54, 1.807) is 18.2 Å². The van der Waals surface area contributed by atoms with Crippen molar-refractivity contribution < 1.29 is 19.7 Å². The predicted octanol–water partition coefficient (Wildman–Crippen LogP) is 2.29. The van der Waals surface area contributed by atoms with Crippen LogP contribution in [-0.2, 0) is 6.42 Å². The minimum absolute atomic E-state index is 0.0133. The second-order valence-electron chi connectivity index (χ2n) is 4.27. The second-order valence-corrected chi connectivity index (χ2v) is 4.27. The minimum Gasteiger partial charge on any atom is -0.478 e. The number of nitrogens with two attached hydrogens (primary N) is 1. The number of benzene rings is 2. The maximum absolute atomic E-state index is 11.0. The zero-order valence-corrected chi connectivity index (χ0v) is 10.7. The summed E-state index contributed by atoms with van der Waals surface area (Å²) in [6.45, 7) is 0.0974. The number of anilines is 1. The third-order valence-electron chi connectivity index (χ3n) is 2.81. The molecule has 5 nitrogen and oxygen atoms in total. The largest absolute Gasteiger partial charge is 0.478 e. The fourth-order valence-electron chi connectivity index (χ4n) is 1.77. The van der Waals surface area contributed by atoms with Crippen LogP contribution in [0, 0.1) is 0 Å². The van der Waals surface area contributed by atoms with Crippen molar-refractivity contribution in [1.29, 1.82) is 0 Å². The first kappa shape index (κ1) is 13.9. The van der Waals surface area contributed by atoms with Gasteiger partial charge in [0.15, 0.2) is 0 Å². The van der Waals surface area contributed by atoms with E-state index in [1.165, 1.54) is 12.1 Å². The molecule has 5 heteroatoms. The van der Waals surface area contributed by atoms with Crippen LogP contribution in [0.2, 0.25) is 0 Å². The molecule has 104 valence electrons. The molecular formula is C15H15NO4. The van der Waals surface area contributed by atoms with E-state index in [0.29, 0.717) is 17.9 Å².